The number of piperazine rings is 1. The first-order valence-electron chi connectivity index (χ1n) is 11.3. The summed E-state index contributed by atoms with van der Waals surface area (Å²) in [5, 5.41) is 3.12. The number of carbonyl (C=O) groups excluding carboxylic acids is 1. The van der Waals surface area contributed by atoms with Crippen LogP contribution in [0.15, 0.2) is 47.4 Å². The van der Waals surface area contributed by atoms with E-state index in [0.717, 1.165) is 11.1 Å². The molecule has 2 aliphatic heterocycles. The normalized spacial score (nSPS) is 17.6. The van der Waals surface area contributed by atoms with Crippen molar-refractivity contribution >= 4 is 16.1 Å². The molecule has 2 aromatic carbocycles. The highest BCUT2D eigenvalue weighted by atomic mass is 32.2. The number of urea groups is 1. The van der Waals surface area contributed by atoms with Gasteiger partial charge < -0.3 is 19.7 Å². The summed E-state index contributed by atoms with van der Waals surface area (Å²) >= 11 is 0. The first kappa shape index (κ1) is 23.4. The van der Waals surface area contributed by atoms with Crippen molar-refractivity contribution in [2.24, 2.45) is 5.92 Å². The molecule has 2 aliphatic rings. The van der Waals surface area contributed by atoms with Crippen LogP contribution in [-0.2, 0) is 10.0 Å². The van der Waals surface area contributed by atoms with Gasteiger partial charge in [0.2, 0.25) is 10.0 Å². The standard InChI is InChI=1S/C24H31N3O5S/c1-17(2)23(19-6-9-21-22(16-19)32-15-14-31-21)25-24(28)26-10-12-27(13-11-26)33(29,30)20-7-4-18(3)5-8-20/h4-9,16-17,23H,10-15H2,1-3H3,(H,25,28)/t23-/m0/s1. The van der Waals surface area contributed by atoms with Gasteiger partial charge in [-0.3, -0.25) is 0 Å². The molecule has 1 saturated heterocycles. The molecule has 0 aliphatic carbocycles. The molecule has 0 unspecified atom stereocenters. The Balaban J connectivity index is 1.40. The molecule has 2 amide bonds. The molecule has 2 heterocycles. The lowest BCUT2D eigenvalue weighted by molar-refractivity contribution is 0.165. The molecule has 2 aromatic rings. The summed E-state index contributed by atoms with van der Waals surface area (Å²) in [5.74, 6) is 1.55. The van der Waals surface area contributed by atoms with Crippen molar-refractivity contribution in [3.05, 3.63) is 53.6 Å². The molecule has 33 heavy (non-hydrogen) atoms. The Labute approximate surface area is 195 Å². The molecule has 0 radical (unpaired) electrons. The number of nitrogens with zero attached hydrogens (tertiary/aromatic N) is 2. The monoisotopic (exact) mass is 473 g/mol. The fourth-order valence-electron chi connectivity index (χ4n) is 4.10. The van der Waals surface area contributed by atoms with Gasteiger partial charge in [0, 0.05) is 26.2 Å². The summed E-state index contributed by atoms with van der Waals surface area (Å²) < 4.78 is 38.6. The molecular weight excluding hydrogens is 442 g/mol. The molecule has 0 spiro atoms. The van der Waals surface area contributed by atoms with Crippen LogP contribution in [0, 0.1) is 12.8 Å². The summed E-state index contributed by atoms with van der Waals surface area (Å²) in [5.41, 5.74) is 1.95. The fourth-order valence-corrected chi connectivity index (χ4v) is 5.53. The number of ether oxygens (including phenoxy) is 2. The third kappa shape index (κ3) is 5.09. The van der Waals surface area contributed by atoms with Crippen LogP contribution in [0.25, 0.3) is 0 Å². The number of nitrogens with one attached hydrogen (secondary N) is 1. The molecule has 0 saturated carbocycles. The third-order valence-electron chi connectivity index (χ3n) is 6.06. The number of fused-ring (bicyclic) bond motifs is 1. The maximum Gasteiger partial charge on any atom is 0.317 e. The predicted molar refractivity (Wildman–Crippen MR) is 125 cm³/mol. The van der Waals surface area contributed by atoms with Gasteiger partial charge in [0.15, 0.2) is 11.5 Å². The van der Waals surface area contributed by atoms with Crippen LogP contribution in [0.5, 0.6) is 11.5 Å². The lowest BCUT2D eigenvalue weighted by Gasteiger charge is -2.35. The fraction of sp³-hybridized carbons (Fsp3) is 0.458. The van der Waals surface area contributed by atoms with Crippen molar-refractivity contribution in [3.8, 4) is 11.5 Å². The highest BCUT2D eigenvalue weighted by Crippen LogP contribution is 2.34. The zero-order chi connectivity index (χ0) is 23.6. The lowest BCUT2D eigenvalue weighted by Crippen LogP contribution is -2.53. The summed E-state index contributed by atoms with van der Waals surface area (Å²) in [7, 11) is -3.57. The van der Waals surface area contributed by atoms with Gasteiger partial charge in [-0.15, -0.1) is 0 Å². The van der Waals surface area contributed by atoms with Gasteiger partial charge >= 0.3 is 6.03 Å². The second kappa shape index (κ2) is 9.61. The Hall–Kier alpha value is -2.78. The van der Waals surface area contributed by atoms with E-state index in [1.165, 1.54) is 4.31 Å². The predicted octanol–water partition coefficient (Wildman–Crippen LogP) is 3.18. The molecule has 4 rings (SSSR count). The van der Waals surface area contributed by atoms with Crippen LogP contribution in [0.2, 0.25) is 0 Å². The maximum absolute atomic E-state index is 13.0. The average molecular weight is 474 g/mol. The van der Waals surface area contributed by atoms with Crippen LogP contribution < -0.4 is 14.8 Å². The number of sulfonamides is 1. The maximum atomic E-state index is 13.0. The van der Waals surface area contributed by atoms with Gasteiger partial charge in [-0.1, -0.05) is 37.6 Å². The zero-order valence-electron chi connectivity index (χ0n) is 19.3. The van der Waals surface area contributed by atoms with Crippen LogP contribution in [0.4, 0.5) is 4.79 Å². The number of hydrogen-bond acceptors (Lipinski definition) is 5. The minimum atomic E-state index is -3.57. The number of aryl methyl sites for hydroxylation is 1. The summed E-state index contributed by atoms with van der Waals surface area (Å²) in [6.07, 6.45) is 0. The van der Waals surface area contributed by atoms with Crippen molar-refractivity contribution in [2.45, 2.75) is 31.7 Å². The van der Waals surface area contributed by atoms with E-state index in [2.05, 4.69) is 5.32 Å². The highest BCUT2D eigenvalue weighted by molar-refractivity contribution is 7.89. The number of carbonyl (C=O) groups is 1. The van der Waals surface area contributed by atoms with E-state index in [4.69, 9.17) is 9.47 Å². The van der Waals surface area contributed by atoms with Gasteiger partial charge in [0.25, 0.3) is 0 Å². The SMILES string of the molecule is Cc1ccc(S(=O)(=O)N2CCN(C(=O)N[C@H](c3ccc4c(c3)OCCO4)C(C)C)CC2)cc1. The van der Waals surface area contributed by atoms with E-state index in [1.807, 2.05) is 39.0 Å². The first-order valence-corrected chi connectivity index (χ1v) is 12.7. The van der Waals surface area contributed by atoms with E-state index >= 15 is 0 Å². The van der Waals surface area contributed by atoms with Crippen LogP contribution in [-0.4, -0.2) is 63.0 Å². The average Bonchev–Trinajstić information content (AvgIpc) is 2.82. The number of amides is 2. The van der Waals surface area contributed by atoms with E-state index in [-0.39, 0.29) is 36.0 Å². The lowest BCUT2D eigenvalue weighted by atomic mass is 9.95. The largest absolute Gasteiger partial charge is 0.486 e. The Bertz CT molecular complexity index is 1090. The molecule has 0 aromatic heterocycles. The van der Waals surface area contributed by atoms with Crippen molar-refractivity contribution in [2.75, 3.05) is 39.4 Å². The summed E-state index contributed by atoms with van der Waals surface area (Å²) in [4.78, 5) is 15.0. The van der Waals surface area contributed by atoms with Crippen molar-refractivity contribution in [1.29, 1.82) is 0 Å². The van der Waals surface area contributed by atoms with Crippen LogP contribution >= 0.6 is 0 Å². The van der Waals surface area contributed by atoms with Crippen molar-refractivity contribution < 1.29 is 22.7 Å². The van der Waals surface area contributed by atoms with E-state index < -0.39 is 10.0 Å². The molecule has 0 bridgehead atoms. The minimum Gasteiger partial charge on any atom is -0.486 e. The van der Waals surface area contributed by atoms with Gasteiger partial charge in [-0.2, -0.15) is 4.31 Å². The molecule has 1 atom stereocenters. The molecule has 9 heteroatoms. The highest BCUT2D eigenvalue weighted by Gasteiger charge is 2.31. The Morgan fingerprint density at radius 3 is 2.21 bits per heavy atom. The van der Waals surface area contributed by atoms with E-state index in [9.17, 15) is 13.2 Å². The van der Waals surface area contributed by atoms with Crippen molar-refractivity contribution in [1.82, 2.24) is 14.5 Å². The van der Waals surface area contributed by atoms with E-state index in [0.29, 0.717) is 37.8 Å². The minimum absolute atomic E-state index is 0.153. The number of hydrogen-bond donors (Lipinski definition) is 1. The topological polar surface area (TPSA) is 88.2 Å². The summed E-state index contributed by atoms with van der Waals surface area (Å²) in [6, 6.07) is 12.2. The second-order valence-electron chi connectivity index (χ2n) is 8.78. The zero-order valence-corrected chi connectivity index (χ0v) is 20.1. The molecular formula is C24H31N3O5S. The van der Waals surface area contributed by atoms with Gasteiger partial charge in [-0.05, 0) is 42.7 Å². The molecule has 1 fully saturated rings. The van der Waals surface area contributed by atoms with Crippen LogP contribution in [0.3, 0.4) is 0 Å². The Kier molecular flexibility index (Phi) is 6.81. The second-order valence-corrected chi connectivity index (χ2v) is 10.7. The quantitative estimate of drug-likeness (QED) is 0.721. The number of rotatable bonds is 5. The van der Waals surface area contributed by atoms with Gasteiger partial charge in [-0.25, -0.2) is 13.2 Å². The molecule has 8 nitrogen and oxygen atoms in total. The molecule has 1 N–H and O–H groups in total. The number of benzene rings is 2. The smallest absolute Gasteiger partial charge is 0.317 e. The molecule has 178 valence electrons. The van der Waals surface area contributed by atoms with Crippen molar-refractivity contribution in [3.63, 3.8) is 0 Å². The third-order valence-corrected chi connectivity index (χ3v) is 7.97. The Morgan fingerprint density at radius 1 is 0.939 bits per heavy atom. The Morgan fingerprint density at radius 2 is 1.58 bits per heavy atom. The van der Waals surface area contributed by atoms with Gasteiger partial charge in [0.1, 0.15) is 13.2 Å². The van der Waals surface area contributed by atoms with Gasteiger partial charge in [0.05, 0.1) is 10.9 Å². The van der Waals surface area contributed by atoms with Crippen LogP contribution in [0.1, 0.15) is 31.0 Å². The first-order chi connectivity index (χ1) is 15.8. The van der Waals surface area contributed by atoms with E-state index in [1.54, 1.807) is 29.2 Å². The summed E-state index contributed by atoms with van der Waals surface area (Å²) in [6.45, 7) is 8.25.